The largest absolute Gasteiger partial charge is 0.456 e. The lowest BCUT2D eigenvalue weighted by Gasteiger charge is -2.11. The number of hydrogen-bond donors (Lipinski definition) is 0. The zero-order valence-corrected chi connectivity index (χ0v) is 29.2. The van der Waals surface area contributed by atoms with Crippen LogP contribution < -0.4 is 0 Å². The van der Waals surface area contributed by atoms with Crippen molar-refractivity contribution in [2.75, 3.05) is 0 Å². The minimum atomic E-state index is 0.648. The second-order valence-electron chi connectivity index (χ2n) is 13.6. The number of para-hydroxylation sites is 2. The highest BCUT2D eigenvalue weighted by atomic mass is 16.3. The molecule has 0 radical (unpaired) electrons. The standard InChI is InChI=1S/C48H34N4O/c1-2-11-31-12-10-15-36(28-31)48-50-46(32-13-4-3-5-14-32)49-47(51-48)33-20-24-37(25-21-33)52-42-18-8-6-16-38(42)41-29-34(23-27-43(41)52)35-22-26-40-39-17-7-9-19-44(39)53-45(40)30-35/h3-10,12-30H,2,11H2,1H3. The molecule has 0 aliphatic heterocycles. The molecule has 252 valence electrons. The number of rotatable bonds is 7. The Hall–Kier alpha value is -6.85. The minimum absolute atomic E-state index is 0.648. The topological polar surface area (TPSA) is 56.7 Å². The molecule has 0 bridgehead atoms. The number of furan rings is 1. The summed E-state index contributed by atoms with van der Waals surface area (Å²) in [5.74, 6) is 1.98. The summed E-state index contributed by atoms with van der Waals surface area (Å²) in [5, 5.41) is 4.68. The lowest BCUT2D eigenvalue weighted by Crippen LogP contribution is -2.01. The molecular formula is C48H34N4O. The molecule has 0 spiro atoms. The van der Waals surface area contributed by atoms with Gasteiger partial charge in [-0.1, -0.05) is 110 Å². The first-order valence-electron chi connectivity index (χ1n) is 18.2. The SMILES string of the molecule is CCCc1cccc(-c2nc(-c3ccccc3)nc(-c3ccc(-n4c5ccccc5c5cc(-c6ccc7c(c6)oc6ccccc67)ccc54)cc3)n2)c1. The molecule has 0 unspecified atom stereocenters. The molecule has 7 aromatic carbocycles. The number of fused-ring (bicyclic) bond motifs is 6. The van der Waals surface area contributed by atoms with Crippen LogP contribution in [-0.2, 0) is 6.42 Å². The Bertz CT molecular complexity index is 2960. The Labute approximate surface area is 306 Å². The van der Waals surface area contributed by atoms with Crippen molar-refractivity contribution in [3.05, 3.63) is 169 Å². The van der Waals surface area contributed by atoms with Gasteiger partial charge < -0.3 is 8.98 Å². The summed E-state index contributed by atoms with van der Waals surface area (Å²) < 4.78 is 8.57. The zero-order chi connectivity index (χ0) is 35.3. The number of hydrogen-bond acceptors (Lipinski definition) is 4. The first-order chi connectivity index (χ1) is 26.2. The van der Waals surface area contributed by atoms with E-state index in [1.165, 1.54) is 16.3 Å². The highest BCUT2D eigenvalue weighted by Gasteiger charge is 2.16. The molecule has 0 atom stereocenters. The van der Waals surface area contributed by atoms with Gasteiger partial charge in [-0.3, -0.25) is 0 Å². The van der Waals surface area contributed by atoms with E-state index < -0.39 is 0 Å². The predicted molar refractivity (Wildman–Crippen MR) is 217 cm³/mol. The number of aromatic nitrogens is 4. The van der Waals surface area contributed by atoms with E-state index in [2.05, 4.69) is 133 Å². The third-order valence-corrected chi connectivity index (χ3v) is 10.2. The maximum Gasteiger partial charge on any atom is 0.164 e. The summed E-state index contributed by atoms with van der Waals surface area (Å²) in [5.41, 5.74) is 11.6. The van der Waals surface area contributed by atoms with E-state index in [0.717, 1.165) is 79.3 Å². The quantitative estimate of drug-likeness (QED) is 0.168. The molecule has 0 saturated carbocycles. The summed E-state index contributed by atoms with van der Waals surface area (Å²) >= 11 is 0. The normalized spacial score (nSPS) is 11.6. The van der Waals surface area contributed by atoms with E-state index in [9.17, 15) is 0 Å². The monoisotopic (exact) mass is 682 g/mol. The van der Waals surface area contributed by atoms with E-state index in [1.54, 1.807) is 0 Å². The van der Waals surface area contributed by atoms with Crippen molar-refractivity contribution in [2.45, 2.75) is 19.8 Å². The fourth-order valence-corrected chi connectivity index (χ4v) is 7.60. The smallest absolute Gasteiger partial charge is 0.164 e. The van der Waals surface area contributed by atoms with Crippen LogP contribution in [0.2, 0.25) is 0 Å². The molecule has 5 nitrogen and oxygen atoms in total. The van der Waals surface area contributed by atoms with E-state index in [4.69, 9.17) is 19.4 Å². The van der Waals surface area contributed by atoms with Gasteiger partial charge in [0.05, 0.1) is 11.0 Å². The van der Waals surface area contributed by atoms with Crippen molar-refractivity contribution < 1.29 is 4.42 Å². The summed E-state index contributed by atoms with van der Waals surface area (Å²) in [6, 6.07) is 57.4. The summed E-state index contributed by atoms with van der Waals surface area (Å²) in [6.45, 7) is 2.20. The second-order valence-corrected chi connectivity index (χ2v) is 13.6. The van der Waals surface area contributed by atoms with Gasteiger partial charge in [0, 0.05) is 43.9 Å². The Morgan fingerprint density at radius 1 is 0.434 bits per heavy atom. The van der Waals surface area contributed by atoms with E-state index in [1.807, 2.05) is 42.5 Å². The Balaban J connectivity index is 1.06. The third kappa shape index (κ3) is 5.45. The van der Waals surface area contributed by atoms with E-state index in [0.29, 0.717) is 17.5 Å². The molecule has 5 heteroatoms. The fraction of sp³-hybridized carbons (Fsp3) is 0.0625. The average molecular weight is 683 g/mol. The minimum Gasteiger partial charge on any atom is -0.456 e. The van der Waals surface area contributed by atoms with Gasteiger partial charge in [-0.15, -0.1) is 0 Å². The Morgan fingerprint density at radius 3 is 1.85 bits per heavy atom. The van der Waals surface area contributed by atoms with Crippen LogP contribution in [0.4, 0.5) is 0 Å². The molecule has 10 aromatic rings. The number of benzene rings is 7. The van der Waals surface area contributed by atoms with Gasteiger partial charge in [0.15, 0.2) is 17.5 Å². The molecule has 0 aliphatic rings. The Morgan fingerprint density at radius 2 is 1.04 bits per heavy atom. The van der Waals surface area contributed by atoms with Crippen LogP contribution >= 0.6 is 0 Å². The van der Waals surface area contributed by atoms with Crippen LogP contribution in [0.15, 0.2) is 168 Å². The molecule has 3 aromatic heterocycles. The average Bonchev–Trinajstić information content (AvgIpc) is 3.76. The maximum absolute atomic E-state index is 6.23. The first kappa shape index (κ1) is 30.9. The van der Waals surface area contributed by atoms with Crippen molar-refractivity contribution in [1.82, 2.24) is 19.5 Å². The maximum atomic E-state index is 6.23. The van der Waals surface area contributed by atoms with Crippen molar-refractivity contribution in [3.8, 4) is 51.0 Å². The van der Waals surface area contributed by atoms with E-state index >= 15 is 0 Å². The molecule has 0 saturated heterocycles. The number of nitrogens with zero attached hydrogens (tertiary/aromatic N) is 4. The molecular weight excluding hydrogens is 649 g/mol. The predicted octanol–water partition coefficient (Wildman–Crippen LogP) is 12.5. The third-order valence-electron chi connectivity index (χ3n) is 10.2. The molecule has 0 amide bonds. The first-order valence-corrected chi connectivity index (χ1v) is 18.2. The van der Waals surface area contributed by atoms with Crippen LogP contribution in [0.5, 0.6) is 0 Å². The van der Waals surface area contributed by atoms with Crippen LogP contribution in [0.25, 0.3) is 94.7 Å². The Kier molecular flexibility index (Phi) is 7.43. The highest BCUT2D eigenvalue weighted by molar-refractivity contribution is 6.11. The number of aryl methyl sites for hydroxylation is 1. The zero-order valence-electron chi connectivity index (χ0n) is 29.2. The van der Waals surface area contributed by atoms with Crippen LogP contribution in [0, 0.1) is 0 Å². The molecule has 10 rings (SSSR count). The van der Waals surface area contributed by atoms with Gasteiger partial charge in [0.1, 0.15) is 11.2 Å². The van der Waals surface area contributed by atoms with Gasteiger partial charge in [-0.05, 0) is 89.8 Å². The molecule has 0 fully saturated rings. The van der Waals surface area contributed by atoms with Gasteiger partial charge in [0.25, 0.3) is 0 Å². The summed E-state index contributed by atoms with van der Waals surface area (Å²) in [4.78, 5) is 15.0. The fourth-order valence-electron chi connectivity index (χ4n) is 7.60. The van der Waals surface area contributed by atoms with Gasteiger partial charge in [-0.25, -0.2) is 15.0 Å². The van der Waals surface area contributed by atoms with Gasteiger partial charge in [0.2, 0.25) is 0 Å². The van der Waals surface area contributed by atoms with Crippen molar-refractivity contribution in [1.29, 1.82) is 0 Å². The molecule has 53 heavy (non-hydrogen) atoms. The highest BCUT2D eigenvalue weighted by Crippen LogP contribution is 2.37. The van der Waals surface area contributed by atoms with Crippen LogP contribution in [0.1, 0.15) is 18.9 Å². The molecule has 3 heterocycles. The van der Waals surface area contributed by atoms with E-state index in [-0.39, 0.29) is 0 Å². The lowest BCUT2D eigenvalue weighted by molar-refractivity contribution is 0.669. The van der Waals surface area contributed by atoms with Crippen molar-refractivity contribution in [3.63, 3.8) is 0 Å². The van der Waals surface area contributed by atoms with Crippen molar-refractivity contribution in [2.24, 2.45) is 0 Å². The summed E-state index contributed by atoms with van der Waals surface area (Å²) in [6.07, 6.45) is 2.10. The van der Waals surface area contributed by atoms with Crippen molar-refractivity contribution >= 4 is 43.7 Å². The summed E-state index contributed by atoms with van der Waals surface area (Å²) in [7, 11) is 0. The van der Waals surface area contributed by atoms with Crippen LogP contribution in [0.3, 0.4) is 0 Å². The lowest BCUT2D eigenvalue weighted by atomic mass is 10.0. The second kappa shape index (κ2) is 12.7. The van der Waals surface area contributed by atoms with Crippen LogP contribution in [-0.4, -0.2) is 19.5 Å². The van der Waals surface area contributed by atoms with Gasteiger partial charge >= 0.3 is 0 Å². The molecule has 0 N–H and O–H groups in total. The molecule has 0 aliphatic carbocycles. The van der Waals surface area contributed by atoms with Gasteiger partial charge in [-0.2, -0.15) is 0 Å².